The zero-order chi connectivity index (χ0) is 19.2. The van der Waals surface area contributed by atoms with Crippen LogP contribution in [0, 0.1) is 0 Å². The minimum absolute atomic E-state index is 0.0648. The Morgan fingerprint density at radius 3 is 2.42 bits per heavy atom. The van der Waals surface area contributed by atoms with E-state index in [0.29, 0.717) is 10.8 Å². The summed E-state index contributed by atoms with van der Waals surface area (Å²) in [6.45, 7) is -0.141. The number of carbonyl (C=O) groups is 1. The van der Waals surface area contributed by atoms with E-state index < -0.39 is 18.2 Å². The molecule has 2 rings (SSSR count). The average molecular weight is 395 g/mol. The zero-order valence-corrected chi connectivity index (χ0v) is 14.9. The number of nitrogens with one attached hydrogen (secondary N) is 1. The second-order valence-corrected chi connectivity index (χ2v) is 6.75. The van der Waals surface area contributed by atoms with Crippen molar-refractivity contribution in [2.45, 2.75) is 50.0 Å². The molecule has 0 bridgehead atoms. The van der Waals surface area contributed by atoms with Crippen LogP contribution in [0.5, 0.6) is 5.75 Å². The SMILES string of the molecule is NC1CCC(NCC(COc2ccc(Cl)cc2)OC(=O)C(F)(F)F)CC1. The predicted molar refractivity (Wildman–Crippen MR) is 91.1 cm³/mol. The summed E-state index contributed by atoms with van der Waals surface area (Å²) in [5.74, 6) is -1.80. The normalized spacial score (nSPS) is 21.9. The molecule has 146 valence electrons. The van der Waals surface area contributed by atoms with Crippen LogP contribution in [-0.4, -0.2) is 43.5 Å². The van der Waals surface area contributed by atoms with Gasteiger partial charge in [0.2, 0.25) is 0 Å². The lowest BCUT2D eigenvalue weighted by Crippen LogP contribution is -2.44. The summed E-state index contributed by atoms with van der Waals surface area (Å²) in [6, 6.07) is 6.66. The fraction of sp³-hybridized carbons (Fsp3) is 0.588. The molecular formula is C17H22ClF3N2O3. The van der Waals surface area contributed by atoms with Crippen molar-refractivity contribution >= 4 is 17.6 Å². The number of esters is 1. The van der Waals surface area contributed by atoms with Gasteiger partial charge in [0.15, 0.2) is 0 Å². The van der Waals surface area contributed by atoms with Crippen LogP contribution in [0.25, 0.3) is 0 Å². The van der Waals surface area contributed by atoms with E-state index in [1.165, 1.54) is 0 Å². The standard InChI is InChI=1S/C17H22ClF3N2O3/c18-11-1-7-14(8-2-11)25-10-15(26-16(24)17(19,20)21)9-23-13-5-3-12(22)4-6-13/h1-2,7-8,12-13,15,23H,3-6,9-10,22H2. The number of benzene rings is 1. The zero-order valence-electron chi connectivity index (χ0n) is 14.1. The van der Waals surface area contributed by atoms with Crippen LogP contribution in [0.3, 0.4) is 0 Å². The first-order chi connectivity index (χ1) is 12.2. The number of hydrogen-bond donors (Lipinski definition) is 2. The van der Waals surface area contributed by atoms with E-state index in [1.54, 1.807) is 24.3 Å². The van der Waals surface area contributed by atoms with E-state index in [9.17, 15) is 18.0 Å². The van der Waals surface area contributed by atoms with E-state index in [0.717, 1.165) is 25.7 Å². The largest absolute Gasteiger partial charge is 0.490 e. The topological polar surface area (TPSA) is 73.6 Å². The molecule has 0 aliphatic heterocycles. The molecule has 0 aromatic heterocycles. The Morgan fingerprint density at radius 2 is 1.85 bits per heavy atom. The molecule has 1 saturated carbocycles. The molecule has 1 aliphatic carbocycles. The molecule has 0 spiro atoms. The lowest BCUT2D eigenvalue weighted by atomic mass is 9.92. The van der Waals surface area contributed by atoms with Gasteiger partial charge in [-0.3, -0.25) is 0 Å². The van der Waals surface area contributed by atoms with Gasteiger partial charge in [-0.05, 0) is 49.9 Å². The highest BCUT2D eigenvalue weighted by Gasteiger charge is 2.42. The third kappa shape index (κ3) is 7.01. The van der Waals surface area contributed by atoms with Crippen molar-refractivity contribution in [2.75, 3.05) is 13.2 Å². The summed E-state index contributed by atoms with van der Waals surface area (Å²) in [5, 5.41) is 3.65. The molecule has 5 nitrogen and oxygen atoms in total. The molecule has 0 heterocycles. The van der Waals surface area contributed by atoms with Crippen molar-refractivity contribution in [3.8, 4) is 5.75 Å². The second-order valence-electron chi connectivity index (χ2n) is 6.31. The fourth-order valence-corrected chi connectivity index (χ4v) is 2.82. The van der Waals surface area contributed by atoms with Gasteiger partial charge in [-0.15, -0.1) is 0 Å². The van der Waals surface area contributed by atoms with Crippen molar-refractivity contribution in [3.05, 3.63) is 29.3 Å². The van der Waals surface area contributed by atoms with Gasteiger partial charge in [-0.25, -0.2) is 4.79 Å². The van der Waals surface area contributed by atoms with Crippen LogP contribution in [0.4, 0.5) is 13.2 Å². The predicted octanol–water partition coefficient (Wildman–Crippen LogP) is 3.05. The van der Waals surface area contributed by atoms with E-state index >= 15 is 0 Å². The molecule has 1 unspecified atom stereocenters. The smallest absolute Gasteiger partial charge is 0.490 e. The van der Waals surface area contributed by atoms with Gasteiger partial charge in [0.25, 0.3) is 0 Å². The van der Waals surface area contributed by atoms with Crippen molar-refractivity contribution in [2.24, 2.45) is 5.73 Å². The maximum atomic E-state index is 12.5. The highest BCUT2D eigenvalue weighted by atomic mass is 35.5. The van der Waals surface area contributed by atoms with Gasteiger partial charge in [0.05, 0.1) is 0 Å². The van der Waals surface area contributed by atoms with Gasteiger partial charge in [0.1, 0.15) is 18.5 Å². The molecule has 1 aromatic rings. The monoisotopic (exact) mass is 394 g/mol. The van der Waals surface area contributed by atoms with E-state index in [2.05, 4.69) is 10.1 Å². The Kier molecular flexibility index (Phi) is 7.55. The number of alkyl halides is 3. The first-order valence-corrected chi connectivity index (χ1v) is 8.77. The van der Waals surface area contributed by atoms with Crippen molar-refractivity contribution < 1.29 is 27.4 Å². The third-order valence-corrected chi connectivity index (χ3v) is 4.41. The number of nitrogens with two attached hydrogens (primary N) is 1. The van der Waals surface area contributed by atoms with Gasteiger partial charge < -0.3 is 20.5 Å². The summed E-state index contributed by atoms with van der Waals surface area (Å²) in [4.78, 5) is 11.2. The van der Waals surface area contributed by atoms with E-state index in [1.807, 2.05) is 0 Å². The van der Waals surface area contributed by atoms with Crippen LogP contribution in [-0.2, 0) is 9.53 Å². The molecule has 9 heteroatoms. The minimum atomic E-state index is -5.05. The molecular weight excluding hydrogens is 373 g/mol. The number of carbonyl (C=O) groups excluding carboxylic acids is 1. The van der Waals surface area contributed by atoms with Crippen LogP contribution in [0.15, 0.2) is 24.3 Å². The summed E-state index contributed by atoms with van der Waals surface area (Å²) in [6.07, 6.45) is -2.75. The van der Waals surface area contributed by atoms with Crippen LogP contribution < -0.4 is 15.8 Å². The Bertz CT molecular complexity index is 576. The second kappa shape index (κ2) is 9.43. The Balaban J connectivity index is 1.89. The van der Waals surface area contributed by atoms with Gasteiger partial charge in [0, 0.05) is 23.7 Å². The summed E-state index contributed by atoms with van der Waals surface area (Å²) < 4.78 is 47.5. The highest BCUT2D eigenvalue weighted by Crippen LogP contribution is 2.20. The van der Waals surface area contributed by atoms with Crippen molar-refractivity contribution in [1.29, 1.82) is 0 Å². The van der Waals surface area contributed by atoms with Crippen molar-refractivity contribution in [3.63, 3.8) is 0 Å². The molecule has 1 aliphatic rings. The fourth-order valence-electron chi connectivity index (χ4n) is 2.69. The molecule has 0 radical (unpaired) electrons. The van der Waals surface area contributed by atoms with Crippen LogP contribution >= 0.6 is 11.6 Å². The van der Waals surface area contributed by atoms with E-state index in [-0.39, 0.29) is 25.2 Å². The summed E-state index contributed by atoms with van der Waals surface area (Å²) in [5.41, 5.74) is 5.84. The number of ether oxygens (including phenoxy) is 2. The Morgan fingerprint density at radius 1 is 1.23 bits per heavy atom. The quantitative estimate of drug-likeness (QED) is 0.695. The third-order valence-electron chi connectivity index (χ3n) is 4.16. The van der Waals surface area contributed by atoms with Gasteiger partial charge in [-0.1, -0.05) is 11.6 Å². The lowest BCUT2D eigenvalue weighted by Gasteiger charge is -2.28. The average Bonchev–Trinajstić information content (AvgIpc) is 2.59. The summed E-state index contributed by atoms with van der Waals surface area (Å²) in [7, 11) is 0. The van der Waals surface area contributed by atoms with E-state index in [4.69, 9.17) is 22.1 Å². The first-order valence-electron chi connectivity index (χ1n) is 8.39. The molecule has 0 amide bonds. The maximum absolute atomic E-state index is 12.5. The molecule has 0 saturated heterocycles. The van der Waals surface area contributed by atoms with Gasteiger partial charge in [-0.2, -0.15) is 13.2 Å². The summed E-state index contributed by atoms with van der Waals surface area (Å²) >= 11 is 5.77. The first kappa shape index (κ1) is 20.8. The minimum Gasteiger partial charge on any atom is -0.490 e. The Labute approximate surface area is 155 Å². The van der Waals surface area contributed by atoms with Crippen LogP contribution in [0.1, 0.15) is 25.7 Å². The lowest BCUT2D eigenvalue weighted by molar-refractivity contribution is -0.205. The molecule has 3 N–H and O–H groups in total. The van der Waals surface area contributed by atoms with Crippen LogP contribution in [0.2, 0.25) is 5.02 Å². The number of rotatable bonds is 7. The number of halogens is 4. The molecule has 1 aromatic carbocycles. The van der Waals surface area contributed by atoms with Crippen molar-refractivity contribution in [1.82, 2.24) is 5.32 Å². The molecule has 1 atom stereocenters. The van der Waals surface area contributed by atoms with Gasteiger partial charge >= 0.3 is 12.1 Å². The Hall–Kier alpha value is -1.51. The molecule has 1 fully saturated rings. The maximum Gasteiger partial charge on any atom is 0.490 e. The molecule has 26 heavy (non-hydrogen) atoms. The highest BCUT2D eigenvalue weighted by molar-refractivity contribution is 6.30. The number of hydrogen-bond acceptors (Lipinski definition) is 5.